The number of carbonyl (C=O) groups is 2. The first kappa shape index (κ1) is 15.0. The van der Waals surface area contributed by atoms with Crippen molar-refractivity contribution < 1.29 is 18.7 Å². The zero-order chi connectivity index (χ0) is 15.6. The Kier molecular flexibility index (Phi) is 4.26. The molecule has 0 aliphatic carbocycles. The Balaban J connectivity index is 2.46. The summed E-state index contributed by atoms with van der Waals surface area (Å²) in [5.74, 6) is -1.07. The fourth-order valence-corrected chi connectivity index (χ4v) is 2.18. The largest absolute Gasteiger partial charge is 0.459 e. The number of esters is 1. The molecule has 1 atom stereocenters. The van der Waals surface area contributed by atoms with Crippen LogP contribution in [0.1, 0.15) is 32.4 Å². The Bertz CT molecular complexity index is 611. The molecule has 2 amide bonds. The minimum absolute atomic E-state index is 0.202. The molecule has 0 spiro atoms. The number of hydrogen-bond donors (Lipinski definition) is 2. The molecule has 2 N–H and O–H groups in total. The van der Waals surface area contributed by atoms with Gasteiger partial charge in [0.2, 0.25) is 0 Å². The van der Waals surface area contributed by atoms with Crippen LogP contribution in [0.5, 0.6) is 0 Å². The van der Waals surface area contributed by atoms with Crippen molar-refractivity contribution in [1.82, 2.24) is 10.6 Å². The lowest BCUT2D eigenvalue weighted by molar-refractivity contribution is -0.143. The average molecular weight is 292 g/mol. The standard InChI is InChI=1S/C15H17FN2O3/c1-8(2)21-14(19)12-9(3)17-15(20)18-13(12)10-6-4-5-7-11(10)16/h4-8,13H,1-3H3,(H2,17,18,20)/t13-/m0/s1. The number of allylic oxidation sites excluding steroid dienone is 1. The molecule has 0 fully saturated rings. The lowest BCUT2D eigenvalue weighted by atomic mass is 9.95. The Morgan fingerprint density at radius 1 is 1.33 bits per heavy atom. The summed E-state index contributed by atoms with van der Waals surface area (Å²) in [6.07, 6.45) is -0.309. The first-order valence-corrected chi connectivity index (χ1v) is 6.64. The van der Waals surface area contributed by atoms with Crippen LogP contribution in [0.4, 0.5) is 9.18 Å². The van der Waals surface area contributed by atoms with Crippen molar-refractivity contribution in [2.24, 2.45) is 0 Å². The molecule has 0 saturated heterocycles. The molecule has 5 nitrogen and oxygen atoms in total. The molecule has 2 rings (SSSR count). The molecule has 0 radical (unpaired) electrons. The summed E-state index contributed by atoms with van der Waals surface area (Å²) in [7, 11) is 0. The van der Waals surface area contributed by atoms with Gasteiger partial charge in [0.05, 0.1) is 17.7 Å². The molecule has 0 bridgehead atoms. The summed E-state index contributed by atoms with van der Waals surface area (Å²) in [4.78, 5) is 23.9. The molecule has 0 saturated carbocycles. The minimum atomic E-state index is -0.869. The van der Waals surface area contributed by atoms with Crippen LogP contribution in [0.3, 0.4) is 0 Å². The first-order chi connectivity index (χ1) is 9.90. The zero-order valence-corrected chi connectivity index (χ0v) is 12.1. The van der Waals surface area contributed by atoms with E-state index in [-0.39, 0.29) is 17.2 Å². The van der Waals surface area contributed by atoms with E-state index in [1.807, 2.05) is 0 Å². The van der Waals surface area contributed by atoms with Crippen LogP contribution >= 0.6 is 0 Å². The van der Waals surface area contributed by atoms with Gasteiger partial charge in [0, 0.05) is 11.3 Å². The van der Waals surface area contributed by atoms with E-state index in [0.29, 0.717) is 5.70 Å². The van der Waals surface area contributed by atoms with E-state index in [1.165, 1.54) is 12.1 Å². The van der Waals surface area contributed by atoms with Gasteiger partial charge in [-0.2, -0.15) is 0 Å². The maximum absolute atomic E-state index is 14.0. The van der Waals surface area contributed by atoms with Crippen molar-refractivity contribution in [2.75, 3.05) is 0 Å². The van der Waals surface area contributed by atoms with Crippen molar-refractivity contribution in [3.8, 4) is 0 Å². The third-order valence-corrected chi connectivity index (χ3v) is 3.05. The van der Waals surface area contributed by atoms with Gasteiger partial charge in [-0.3, -0.25) is 0 Å². The van der Waals surface area contributed by atoms with Crippen LogP contribution in [-0.4, -0.2) is 18.1 Å². The maximum atomic E-state index is 14.0. The Hall–Kier alpha value is -2.37. The highest BCUT2D eigenvalue weighted by Crippen LogP contribution is 2.29. The molecule has 0 aromatic heterocycles. The number of halogens is 1. The summed E-state index contributed by atoms with van der Waals surface area (Å²) in [6, 6.07) is 4.65. The summed E-state index contributed by atoms with van der Waals surface area (Å²) in [5, 5.41) is 5.07. The number of benzene rings is 1. The number of nitrogens with one attached hydrogen (secondary N) is 2. The number of amides is 2. The van der Waals surface area contributed by atoms with Crippen LogP contribution in [0.25, 0.3) is 0 Å². The second-order valence-electron chi connectivity index (χ2n) is 5.05. The van der Waals surface area contributed by atoms with Gasteiger partial charge in [-0.05, 0) is 26.8 Å². The fraction of sp³-hybridized carbons (Fsp3) is 0.333. The third kappa shape index (κ3) is 3.21. The lowest BCUT2D eigenvalue weighted by Crippen LogP contribution is -2.45. The second kappa shape index (κ2) is 5.95. The number of ether oxygens (including phenoxy) is 1. The minimum Gasteiger partial charge on any atom is -0.459 e. The van der Waals surface area contributed by atoms with Crippen LogP contribution < -0.4 is 10.6 Å². The van der Waals surface area contributed by atoms with Gasteiger partial charge in [0.1, 0.15) is 5.82 Å². The fourth-order valence-electron chi connectivity index (χ4n) is 2.18. The van der Waals surface area contributed by atoms with Crippen LogP contribution in [0, 0.1) is 5.82 Å². The van der Waals surface area contributed by atoms with E-state index in [1.54, 1.807) is 32.9 Å². The number of carbonyl (C=O) groups excluding carboxylic acids is 2. The first-order valence-electron chi connectivity index (χ1n) is 6.64. The van der Waals surface area contributed by atoms with Gasteiger partial charge in [-0.15, -0.1) is 0 Å². The highest BCUT2D eigenvalue weighted by atomic mass is 19.1. The molecular weight excluding hydrogens is 275 g/mol. The summed E-state index contributed by atoms with van der Waals surface area (Å²) < 4.78 is 19.2. The van der Waals surface area contributed by atoms with Crippen molar-refractivity contribution in [3.05, 3.63) is 46.9 Å². The van der Waals surface area contributed by atoms with Crippen molar-refractivity contribution >= 4 is 12.0 Å². The molecule has 6 heteroatoms. The Labute approximate surface area is 122 Å². The van der Waals surface area contributed by atoms with Gasteiger partial charge >= 0.3 is 12.0 Å². The highest BCUT2D eigenvalue weighted by molar-refractivity contribution is 5.95. The smallest absolute Gasteiger partial charge is 0.338 e. The molecule has 21 heavy (non-hydrogen) atoms. The quantitative estimate of drug-likeness (QED) is 0.841. The zero-order valence-electron chi connectivity index (χ0n) is 12.1. The molecule has 0 unspecified atom stereocenters. The molecule has 112 valence electrons. The monoisotopic (exact) mass is 292 g/mol. The van der Waals surface area contributed by atoms with Crippen LogP contribution in [0.15, 0.2) is 35.5 Å². The van der Waals surface area contributed by atoms with Crippen LogP contribution in [0.2, 0.25) is 0 Å². The highest BCUT2D eigenvalue weighted by Gasteiger charge is 2.33. The molecule has 1 aliphatic heterocycles. The van der Waals surface area contributed by atoms with Gasteiger partial charge in [-0.25, -0.2) is 14.0 Å². The summed E-state index contributed by atoms with van der Waals surface area (Å²) >= 11 is 0. The third-order valence-electron chi connectivity index (χ3n) is 3.05. The SMILES string of the molecule is CC1=C(C(=O)OC(C)C)[C@H](c2ccccc2F)NC(=O)N1. The maximum Gasteiger partial charge on any atom is 0.338 e. The second-order valence-corrected chi connectivity index (χ2v) is 5.05. The van der Waals surface area contributed by atoms with E-state index in [4.69, 9.17) is 4.74 Å². The van der Waals surface area contributed by atoms with E-state index in [0.717, 1.165) is 0 Å². The topological polar surface area (TPSA) is 67.4 Å². The van der Waals surface area contributed by atoms with E-state index < -0.39 is 23.9 Å². The van der Waals surface area contributed by atoms with Gasteiger partial charge < -0.3 is 15.4 Å². The predicted octanol–water partition coefficient (Wildman–Crippen LogP) is 2.41. The normalized spacial score (nSPS) is 18.3. The van der Waals surface area contributed by atoms with Crippen LogP contribution in [-0.2, 0) is 9.53 Å². The number of urea groups is 1. The summed E-state index contributed by atoms with van der Waals surface area (Å²) in [6.45, 7) is 5.03. The Morgan fingerprint density at radius 2 is 2.00 bits per heavy atom. The van der Waals surface area contributed by atoms with E-state index in [9.17, 15) is 14.0 Å². The molecular formula is C15H17FN2O3. The number of rotatable bonds is 3. The lowest BCUT2D eigenvalue weighted by Gasteiger charge is -2.28. The van der Waals surface area contributed by atoms with E-state index in [2.05, 4.69) is 10.6 Å². The molecule has 1 aliphatic rings. The molecule has 1 aromatic carbocycles. The van der Waals surface area contributed by atoms with Crippen molar-refractivity contribution in [2.45, 2.75) is 32.9 Å². The van der Waals surface area contributed by atoms with Crippen molar-refractivity contribution in [3.63, 3.8) is 0 Å². The van der Waals surface area contributed by atoms with Gasteiger partial charge in [0.15, 0.2) is 0 Å². The molecule has 1 heterocycles. The molecule has 1 aromatic rings. The van der Waals surface area contributed by atoms with Gasteiger partial charge in [0.25, 0.3) is 0 Å². The Morgan fingerprint density at radius 3 is 2.62 bits per heavy atom. The van der Waals surface area contributed by atoms with Crippen molar-refractivity contribution in [1.29, 1.82) is 0 Å². The van der Waals surface area contributed by atoms with E-state index >= 15 is 0 Å². The average Bonchev–Trinajstić information content (AvgIpc) is 2.37. The predicted molar refractivity (Wildman–Crippen MR) is 74.7 cm³/mol. The summed E-state index contributed by atoms with van der Waals surface area (Å²) in [5.41, 5.74) is 0.786. The number of hydrogen-bond acceptors (Lipinski definition) is 3. The van der Waals surface area contributed by atoms with Gasteiger partial charge in [-0.1, -0.05) is 18.2 Å².